The Kier molecular flexibility index (Phi) is 3.48. The first-order valence-electron chi connectivity index (χ1n) is 6.47. The van der Waals surface area contributed by atoms with Crippen LogP contribution in [0.4, 0.5) is 0 Å². The highest BCUT2D eigenvalue weighted by Gasteiger charge is 2.40. The maximum Gasteiger partial charge on any atom is 0.339 e. The quantitative estimate of drug-likeness (QED) is 0.867. The summed E-state index contributed by atoms with van der Waals surface area (Å²) in [6, 6.07) is 1.41. The van der Waals surface area contributed by atoms with Crippen LogP contribution in [-0.4, -0.2) is 16.2 Å². The smallest absolute Gasteiger partial charge is 0.339 e. The lowest BCUT2D eigenvalue weighted by Gasteiger charge is -2.36. The van der Waals surface area contributed by atoms with Crippen LogP contribution in [0.25, 0.3) is 0 Å². The molecule has 2 N–H and O–H groups in total. The van der Waals surface area contributed by atoms with Gasteiger partial charge in [0.25, 0.3) is 0 Å². The monoisotopic (exact) mass is 252 g/mol. The Balaban J connectivity index is 2.18. The van der Waals surface area contributed by atoms with Gasteiger partial charge in [0.1, 0.15) is 16.9 Å². The molecule has 0 aromatic carbocycles. The van der Waals surface area contributed by atoms with E-state index in [-0.39, 0.29) is 11.3 Å². The summed E-state index contributed by atoms with van der Waals surface area (Å²) in [5, 5.41) is 19.7. The largest absolute Gasteiger partial charge is 0.478 e. The lowest BCUT2D eigenvalue weighted by atomic mass is 9.73. The van der Waals surface area contributed by atoms with E-state index in [4.69, 9.17) is 9.52 Å². The van der Waals surface area contributed by atoms with Crippen molar-refractivity contribution in [1.29, 1.82) is 0 Å². The highest BCUT2D eigenvalue weighted by molar-refractivity contribution is 5.89. The first-order chi connectivity index (χ1) is 8.44. The van der Waals surface area contributed by atoms with Crippen molar-refractivity contribution >= 4 is 5.97 Å². The molecular weight excluding hydrogens is 232 g/mol. The van der Waals surface area contributed by atoms with E-state index < -0.39 is 11.6 Å². The van der Waals surface area contributed by atoms with E-state index >= 15 is 0 Å². The number of hydrogen-bond donors (Lipinski definition) is 2. The van der Waals surface area contributed by atoms with E-state index in [1.54, 1.807) is 0 Å². The molecule has 100 valence electrons. The van der Waals surface area contributed by atoms with Crippen LogP contribution in [0.5, 0.6) is 0 Å². The fraction of sp³-hybridized carbons (Fsp3) is 0.643. The zero-order valence-corrected chi connectivity index (χ0v) is 10.8. The number of aliphatic hydroxyl groups is 1. The highest BCUT2D eigenvalue weighted by atomic mass is 16.4. The first-order valence-corrected chi connectivity index (χ1v) is 6.47. The molecule has 1 fully saturated rings. The van der Waals surface area contributed by atoms with E-state index in [9.17, 15) is 9.90 Å². The zero-order chi connectivity index (χ0) is 13.3. The molecule has 0 aliphatic heterocycles. The van der Waals surface area contributed by atoms with Gasteiger partial charge in [-0.15, -0.1) is 0 Å². The SMILES string of the molecule is CC(C)C1CCC(O)(c2occc2C(=O)O)CC1. The number of hydrogen-bond acceptors (Lipinski definition) is 3. The Morgan fingerprint density at radius 3 is 2.56 bits per heavy atom. The Hall–Kier alpha value is -1.29. The molecule has 0 bridgehead atoms. The molecule has 18 heavy (non-hydrogen) atoms. The van der Waals surface area contributed by atoms with Gasteiger partial charge in [0, 0.05) is 0 Å². The average Bonchev–Trinajstić information content (AvgIpc) is 2.79. The third kappa shape index (κ3) is 2.29. The fourth-order valence-corrected chi connectivity index (χ4v) is 2.85. The molecule has 0 saturated heterocycles. The number of aromatic carboxylic acids is 1. The van der Waals surface area contributed by atoms with E-state index in [2.05, 4.69) is 13.8 Å². The van der Waals surface area contributed by atoms with Gasteiger partial charge >= 0.3 is 5.97 Å². The topological polar surface area (TPSA) is 70.7 Å². The molecule has 1 saturated carbocycles. The Morgan fingerprint density at radius 2 is 2.06 bits per heavy atom. The minimum Gasteiger partial charge on any atom is -0.478 e. The molecule has 0 unspecified atom stereocenters. The van der Waals surface area contributed by atoms with Crippen molar-refractivity contribution in [2.45, 2.75) is 45.1 Å². The minimum absolute atomic E-state index is 0.0838. The van der Waals surface area contributed by atoms with Crippen molar-refractivity contribution in [1.82, 2.24) is 0 Å². The van der Waals surface area contributed by atoms with Crippen LogP contribution in [0.15, 0.2) is 16.7 Å². The molecule has 0 spiro atoms. The summed E-state index contributed by atoms with van der Waals surface area (Å²) in [6.45, 7) is 4.37. The number of furan rings is 1. The van der Waals surface area contributed by atoms with E-state index in [1.807, 2.05) is 0 Å². The molecule has 1 heterocycles. The van der Waals surface area contributed by atoms with E-state index in [1.165, 1.54) is 12.3 Å². The summed E-state index contributed by atoms with van der Waals surface area (Å²) >= 11 is 0. The maximum absolute atomic E-state index is 11.1. The minimum atomic E-state index is -1.11. The van der Waals surface area contributed by atoms with Gasteiger partial charge in [-0.1, -0.05) is 13.8 Å². The van der Waals surface area contributed by atoms with Crippen molar-refractivity contribution < 1.29 is 19.4 Å². The predicted molar refractivity (Wildman–Crippen MR) is 66.4 cm³/mol. The maximum atomic E-state index is 11.1. The summed E-state index contributed by atoms with van der Waals surface area (Å²) in [4.78, 5) is 11.1. The second-order valence-corrected chi connectivity index (χ2v) is 5.58. The molecule has 1 aliphatic carbocycles. The van der Waals surface area contributed by atoms with Crippen LogP contribution in [0, 0.1) is 11.8 Å². The molecule has 1 aromatic rings. The summed E-state index contributed by atoms with van der Waals surface area (Å²) < 4.78 is 5.23. The van der Waals surface area contributed by atoms with E-state index in [0.29, 0.717) is 24.7 Å². The van der Waals surface area contributed by atoms with Crippen molar-refractivity contribution in [3.63, 3.8) is 0 Å². The van der Waals surface area contributed by atoms with Crippen LogP contribution >= 0.6 is 0 Å². The normalized spacial score (nSPS) is 28.6. The number of carbonyl (C=O) groups is 1. The van der Waals surface area contributed by atoms with E-state index in [0.717, 1.165) is 12.8 Å². The van der Waals surface area contributed by atoms with Crippen LogP contribution < -0.4 is 0 Å². The third-order valence-electron chi connectivity index (χ3n) is 4.12. The second kappa shape index (κ2) is 4.76. The summed E-state index contributed by atoms with van der Waals surface area (Å²) in [5.41, 5.74) is -1.02. The van der Waals surface area contributed by atoms with Gasteiger partial charge in [-0.3, -0.25) is 0 Å². The zero-order valence-electron chi connectivity index (χ0n) is 10.8. The highest BCUT2D eigenvalue weighted by Crippen LogP contribution is 2.43. The summed E-state index contributed by atoms with van der Waals surface area (Å²) in [7, 11) is 0. The van der Waals surface area contributed by atoms with Gasteiger partial charge in [-0.2, -0.15) is 0 Å². The molecule has 4 heteroatoms. The molecular formula is C14H20O4. The summed E-state index contributed by atoms with van der Waals surface area (Å²) in [5.74, 6) is 0.383. The van der Waals surface area contributed by atoms with Gasteiger partial charge < -0.3 is 14.6 Å². The van der Waals surface area contributed by atoms with Crippen LogP contribution in [0.2, 0.25) is 0 Å². The van der Waals surface area contributed by atoms with Crippen LogP contribution in [-0.2, 0) is 5.60 Å². The van der Waals surface area contributed by atoms with Gasteiger partial charge in [0.15, 0.2) is 0 Å². The first kappa shape index (κ1) is 13.1. The van der Waals surface area contributed by atoms with Crippen LogP contribution in [0.3, 0.4) is 0 Å². The van der Waals surface area contributed by atoms with Gasteiger partial charge in [-0.05, 0) is 43.6 Å². The predicted octanol–water partition coefficient (Wildman–Crippen LogP) is 3.01. The number of carboxylic acids is 1. The van der Waals surface area contributed by atoms with Crippen molar-refractivity contribution in [2.75, 3.05) is 0 Å². The lowest BCUT2D eigenvalue weighted by molar-refractivity contribution is -0.0380. The molecule has 0 amide bonds. The summed E-state index contributed by atoms with van der Waals surface area (Å²) in [6.07, 6.45) is 4.31. The third-order valence-corrected chi connectivity index (χ3v) is 4.12. The Labute approximate surface area is 107 Å². The van der Waals surface area contributed by atoms with Crippen molar-refractivity contribution in [2.24, 2.45) is 11.8 Å². The van der Waals surface area contributed by atoms with Crippen LogP contribution in [0.1, 0.15) is 55.6 Å². The molecule has 0 atom stereocenters. The molecule has 0 radical (unpaired) electrons. The van der Waals surface area contributed by atoms with Gasteiger partial charge in [0.2, 0.25) is 0 Å². The molecule has 1 aliphatic rings. The van der Waals surface area contributed by atoms with Crippen molar-refractivity contribution in [3.8, 4) is 0 Å². The fourth-order valence-electron chi connectivity index (χ4n) is 2.85. The Bertz CT molecular complexity index is 425. The molecule has 1 aromatic heterocycles. The van der Waals surface area contributed by atoms with Crippen molar-refractivity contribution in [3.05, 3.63) is 23.7 Å². The average molecular weight is 252 g/mol. The second-order valence-electron chi connectivity index (χ2n) is 5.58. The Morgan fingerprint density at radius 1 is 1.44 bits per heavy atom. The molecule has 2 rings (SSSR count). The van der Waals surface area contributed by atoms with Gasteiger partial charge in [0.05, 0.1) is 6.26 Å². The number of rotatable bonds is 3. The molecule has 4 nitrogen and oxygen atoms in total. The number of carboxylic acid groups (broad SMARTS) is 1. The standard InChI is InChI=1S/C14H20O4/c1-9(2)10-3-6-14(17,7-4-10)12-11(13(15)16)5-8-18-12/h5,8-10,17H,3-4,6-7H2,1-2H3,(H,15,16). The van der Waals surface area contributed by atoms with Gasteiger partial charge in [-0.25, -0.2) is 4.79 Å². The lowest BCUT2D eigenvalue weighted by Crippen LogP contribution is -2.33.